The molecule has 0 heterocycles. The highest BCUT2D eigenvalue weighted by atomic mass is 16.5. The first-order valence-corrected chi connectivity index (χ1v) is 9.68. The number of hydrogen-bond donors (Lipinski definition) is 1. The molecule has 0 aromatic heterocycles. The van der Waals surface area contributed by atoms with E-state index in [4.69, 9.17) is 4.74 Å². The van der Waals surface area contributed by atoms with Crippen LogP contribution in [0.4, 0.5) is 0 Å². The lowest BCUT2D eigenvalue weighted by Gasteiger charge is -2.09. The van der Waals surface area contributed by atoms with Crippen LogP contribution in [0.2, 0.25) is 0 Å². The van der Waals surface area contributed by atoms with Gasteiger partial charge in [0.05, 0.1) is 12.2 Å². The first-order chi connectivity index (χ1) is 11.7. The third-order valence-corrected chi connectivity index (χ3v) is 4.29. The molecule has 1 N–H and O–H groups in total. The average molecular weight is 335 g/mol. The lowest BCUT2D eigenvalue weighted by Crippen LogP contribution is -2.01. The van der Waals surface area contributed by atoms with Crippen molar-refractivity contribution in [2.45, 2.75) is 84.5 Å². The van der Waals surface area contributed by atoms with Crippen molar-refractivity contribution in [2.24, 2.45) is 0 Å². The molecular weight excluding hydrogens is 300 g/mol. The minimum atomic E-state index is 0.0255. The first-order valence-electron chi connectivity index (χ1n) is 9.68. The molecule has 1 aromatic rings. The van der Waals surface area contributed by atoms with E-state index in [2.05, 4.69) is 13.8 Å². The van der Waals surface area contributed by atoms with Crippen molar-refractivity contribution in [1.82, 2.24) is 0 Å². The highest BCUT2D eigenvalue weighted by molar-refractivity contribution is 5.98. The van der Waals surface area contributed by atoms with Gasteiger partial charge in [-0.05, 0) is 25.0 Å². The maximum Gasteiger partial charge on any atom is 0.166 e. The molecule has 1 aromatic carbocycles. The van der Waals surface area contributed by atoms with E-state index >= 15 is 0 Å². The highest BCUT2D eigenvalue weighted by Crippen LogP contribution is 2.25. The van der Waals surface area contributed by atoms with Crippen LogP contribution < -0.4 is 4.74 Å². The number of rotatable bonds is 14. The summed E-state index contributed by atoms with van der Waals surface area (Å²) in [6.45, 7) is 5.04. The van der Waals surface area contributed by atoms with Gasteiger partial charge in [-0.1, -0.05) is 65.2 Å². The molecule has 0 aliphatic rings. The molecule has 0 amide bonds. The van der Waals surface area contributed by atoms with Crippen LogP contribution >= 0.6 is 0 Å². The van der Waals surface area contributed by atoms with Gasteiger partial charge in [0.25, 0.3) is 0 Å². The molecule has 136 valence electrons. The molecule has 24 heavy (non-hydrogen) atoms. The van der Waals surface area contributed by atoms with Crippen LogP contribution in [0.15, 0.2) is 18.2 Å². The number of unbranched alkanes of at least 4 members (excludes halogenated alkanes) is 8. The van der Waals surface area contributed by atoms with E-state index in [-0.39, 0.29) is 11.5 Å². The van der Waals surface area contributed by atoms with E-state index in [0.717, 1.165) is 25.7 Å². The number of benzene rings is 1. The smallest absolute Gasteiger partial charge is 0.166 e. The Hall–Kier alpha value is -1.51. The Labute approximate surface area is 147 Å². The molecular formula is C21H34O3. The van der Waals surface area contributed by atoms with Crippen molar-refractivity contribution in [3.05, 3.63) is 23.8 Å². The molecule has 0 aliphatic heterocycles. The summed E-state index contributed by atoms with van der Waals surface area (Å²) >= 11 is 0. The van der Waals surface area contributed by atoms with Crippen molar-refractivity contribution in [1.29, 1.82) is 0 Å². The third-order valence-electron chi connectivity index (χ3n) is 4.29. The predicted octanol–water partition coefficient (Wildman–Crippen LogP) is 6.28. The Kier molecular flexibility index (Phi) is 11.0. The normalized spacial score (nSPS) is 10.8. The first kappa shape index (κ1) is 20.5. The monoisotopic (exact) mass is 334 g/mol. The molecule has 0 atom stereocenters. The van der Waals surface area contributed by atoms with E-state index in [1.165, 1.54) is 38.5 Å². The molecule has 0 saturated heterocycles. The summed E-state index contributed by atoms with van der Waals surface area (Å²) in [6.07, 6.45) is 12.1. The number of hydrogen-bond acceptors (Lipinski definition) is 3. The van der Waals surface area contributed by atoms with Gasteiger partial charge in [0, 0.05) is 12.5 Å². The van der Waals surface area contributed by atoms with E-state index < -0.39 is 0 Å². The van der Waals surface area contributed by atoms with Crippen molar-refractivity contribution in [3.63, 3.8) is 0 Å². The van der Waals surface area contributed by atoms with E-state index in [9.17, 15) is 9.90 Å². The van der Waals surface area contributed by atoms with Crippen LogP contribution in [-0.2, 0) is 0 Å². The zero-order valence-corrected chi connectivity index (χ0v) is 15.5. The fourth-order valence-corrected chi connectivity index (χ4v) is 2.76. The Morgan fingerprint density at radius 2 is 1.54 bits per heavy atom. The van der Waals surface area contributed by atoms with Crippen LogP contribution in [0, 0.1) is 0 Å². The summed E-state index contributed by atoms with van der Waals surface area (Å²) in [5, 5.41) is 10.1. The van der Waals surface area contributed by atoms with Crippen molar-refractivity contribution < 1.29 is 14.6 Å². The Bertz CT molecular complexity index is 468. The second-order valence-electron chi connectivity index (χ2n) is 6.53. The van der Waals surface area contributed by atoms with Crippen LogP contribution in [0.3, 0.4) is 0 Å². The van der Waals surface area contributed by atoms with Crippen LogP contribution in [0.5, 0.6) is 11.5 Å². The van der Waals surface area contributed by atoms with Crippen LogP contribution in [-0.4, -0.2) is 17.5 Å². The molecule has 0 fully saturated rings. The second-order valence-corrected chi connectivity index (χ2v) is 6.53. The topological polar surface area (TPSA) is 46.5 Å². The molecule has 0 bridgehead atoms. The average Bonchev–Trinajstić information content (AvgIpc) is 2.57. The van der Waals surface area contributed by atoms with Gasteiger partial charge in [-0.15, -0.1) is 0 Å². The van der Waals surface area contributed by atoms with Crippen LogP contribution in [0.1, 0.15) is 94.8 Å². The number of ether oxygens (including phenoxy) is 1. The van der Waals surface area contributed by atoms with Gasteiger partial charge < -0.3 is 9.84 Å². The second kappa shape index (κ2) is 12.9. The molecule has 0 aliphatic carbocycles. The molecule has 0 unspecified atom stereocenters. The lowest BCUT2D eigenvalue weighted by molar-refractivity contribution is 0.0976. The third kappa shape index (κ3) is 8.37. The summed E-state index contributed by atoms with van der Waals surface area (Å²) < 4.78 is 5.63. The predicted molar refractivity (Wildman–Crippen MR) is 100 cm³/mol. The number of carbonyl (C=O) groups is 1. The van der Waals surface area contributed by atoms with Gasteiger partial charge in [-0.2, -0.15) is 0 Å². The minimum Gasteiger partial charge on any atom is -0.507 e. The largest absolute Gasteiger partial charge is 0.507 e. The van der Waals surface area contributed by atoms with Gasteiger partial charge in [0.1, 0.15) is 11.5 Å². The van der Waals surface area contributed by atoms with E-state index in [1.54, 1.807) is 18.2 Å². The summed E-state index contributed by atoms with van der Waals surface area (Å²) in [4.78, 5) is 12.2. The molecule has 0 saturated carbocycles. The number of phenols is 1. The van der Waals surface area contributed by atoms with Gasteiger partial charge in [-0.3, -0.25) is 4.79 Å². The summed E-state index contributed by atoms with van der Waals surface area (Å²) in [5.74, 6) is 0.703. The maximum atomic E-state index is 12.2. The van der Waals surface area contributed by atoms with Gasteiger partial charge in [0.15, 0.2) is 5.78 Å². The minimum absolute atomic E-state index is 0.0255. The van der Waals surface area contributed by atoms with Gasteiger partial charge >= 0.3 is 0 Å². The van der Waals surface area contributed by atoms with Crippen molar-refractivity contribution in [3.8, 4) is 11.5 Å². The number of phenolic OH excluding ortho intramolecular Hbond substituents is 1. The SMILES string of the molecule is CCCCCCCCC(=O)c1ccc(OCCCCCC)cc1O. The summed E-state index contributed by atoms with van der Waals surface area (Å²) in [7, 11) is 0. The highest BCUT2D eigenvalue weighted by Gasteiger charge is 2.11. The molecule has 0 spiro atoms. The fraction of sp³-hybridized carbons (Fsp3) is 0.667. The number of carbonyl (C=O) groups excluding carboxylic acids is 1. The Morgan fingerprint density at radius 1 is 0.917 bits per heavy atom. The molecule has 1 rings (SSSR count). The van der Waals surface area contributed by atoms with Gasteiger partial charge in [0.2, 0.25) is 0 Å². The molecule has 3 heteroatoms. The number of ketones is 1. The van der Waals surface area contributed by atoms with Crippen molar-refractivity contribution in [2.75, 3.05) is 6.61 Å². The quantitative estimate of drug-likeness (QED) is 0.321. The summed E-state index contributed by atoms with van der Waals surface area (Å²) in [6, 6.07) is 5.04. The van der Waals surface area contributed by atoms with Crippen molar-refractivity contribution >= 4 is 5.78 Å². The number of aromatic hydroxyl groups is 1. The van der Waals surface area contributed by atoms with Crippen LogP contribution in [0.25, 0.3) is 0 Å². The maximum absolute atomic E-state index is 12.2. The molecule has 3 nitrogen and oxygen atoms in total. The zero-order chi connectivity index (χ0) is 17.6. The van der Waals surface area contributed by atoms with E-state index in [0.29, 0.717) is 24.3 Å². The fourth-order valence-electron chi connectivity index (χ4n) is 2.76. The lowest BCUT2D eigenvalue weighted by atomic mass is 10.0. The standard InChI is InChI=1S/C21H34O3/c1-3-5-7-9-10-11-13-20(22)19-15-14-18(17-21(19)23)24-16-12-8-6-4-2/h14-15,17,23H,3-13,16H2,1-2H3. The Morgan fingerprint density at radius 3 is 2.21 bits per heavy atom. The Balaban J connectivity index is 2.33. The van der Waals surface area contributed by atoms with E-state index in [1.807, 2.05) is 0 Å². The summed E-state index contributed by atoms with van der Waals surface area (Å²) in [5.41, 5.74) is 0.418. The molecule has 0 radical (unpaired) electrons. The number of Topliss-reactive ketones (excluding diaryl/α,β-unsaturated/α-hetero) is 1. The van der Waals surface area contributed by atoms with Gasteiger partial charge in [-0.25, -0.2) is 0 Å². The zero-order valence-electron chi connectivity index (χ0n) is 15.5.